The monoisotopic (exact) mass is 550 g/mol. The van der Waals surface area contributed by atoms with Gasteiger partial charge in [-0.1, -0.05) is 54.6 Å². The van der Waals surface area contributed by atoms with Crippen molar-refractivity contribution >= 4 is 28.5 Å². The van der Waals surface area contributed by atoms with Crippen LogP contribution in [0.1, 0.15) is 51.8 Å². The van der Waals surface area contributed by atoms with Crippen LogP contribution in [-0.4, -0.2) is 42.0 Å². The molecule has 1 fully saturated rings. The first kappa shape index (κ1) is 26.7. The molecule has 0 bridgehead atoms. The minimum absolute atomic E-state index is 0.374. The predicted octanol–water partition coefficient (Wildman–Crippen LogP) is 5.77. The van der Waals surface area contributed by atoms with Crippen molar-refractivity contribution in [2.45, 2.75) is 64.2 Å². The molecule has 0 atom stereocenters. The van der Waals surface area contributed by atoms with Gasteiger partial charge in [0.05, 0.1) is 33.6 Å². The molecule has 0 saturated heterocycles. The summed E-state index contributed by atoms with van der Waals surface area (Å²) in [6, 6.07) is 19.7. The number of benzene rings is 2. The molecule has 2 aromatic carbocycles. The van der Waals surface area contributed by atoms with Gasteiger partial charge in [-0.15, -0.1) is 0 Å². The van der Waals surface area contributed by atoms with Crippen molar-refractivity contribution in [3.05, 3.63) is 78.1 Å². The maximum Gasteiger partial charge on any atom is 0.408 e. The van der Waals surface area contributed by atoms with E-state index < -0.39 is 22.8 Å². The van der Waals surface area contributed by atoms with Gasteiger partial charge in [-0.2, -0.15) is 9.61 Å². The number of carbonyl (C=O) groups is 1. The van der Waals surface area contributed by atoms with Gasteiger partial charge in [0.1, 0.15) is 5.60 Å². The molecule has 9 nitrogen and oxygen atoms in total. The zero-order valence-corrected chi connectivity index (χ0v) is 23.9. The van der Waals surface area contributed by atoms with Crippen LogP contribution < -0.4 is 11.1 Å². The van der Waals surface area contributed by atoms with Crippen molar-refractivity contribution in [3.63, 3.8) is 0 Å². The Labute approximate surface area is 238 Å². The van der Waals surface area contributed by atoms with Crippen LogP contribution in [0.4, 0.5) is 10.5 Å². The molecule has 1 aliphatic rings. The molecule has 5 aromatic rings. The number of rotatable bonds is 4. The number of nitrogens with two attached hydrogens (primary N) is 1. The number of hydrogen-bond donors (Lipinski definition) is 3. The van der Waals surface area contributed by atoms with Gasteiger partial charge < -0.3 is 20.9 Å². The van der Waals surface area contributed by atoms with E-state index in [2.05, 4.69) is 15.4 Å². The van der Waals surface area contributed by atoms with E-state index in [1.807, 2.05) is 88.4 Å². The minimum atomic E-state index is -0.885. The molecule has 1 saturated carbocycles. The first-order valence-corrected chi connectivity index (χ1v) is 13.7. The normalized spacial score (nSPS) is 20.6. The largest absolute Gasteiger partial charge is 0.444 e. The number of nitrogen functional groups attached to an aromatic ring is 1. The van der Waals surface area contributed by atoms with E-state index in [9.17, 15) is 9.90 Å². The standard InChI is InChI=1S/C32H34N6O3/c1-19-15-24-34-16-23-26(33)25(20-9-7-6-8-10-20)27(35-28(23)38(24)37-19)21-11-13-22(14-12-21)32(17-31(5,40)18-32)36-29(39)41-30(2,3)4/h6-16,40H,17-18H2,1-5H3,(H2,33,35)(H,36,39). The second-order valence-corrected chi connectivity index (χ2v) is 12.3. The molecule has 210 valence electrons. The Kier molecular flexibility index (Phi) is 6.04. The van der Waals surface area contributed by atoms with Crippen LogP contribution in [0.2, 0.25) is 0 Å². The lowest BCUT2D eigenvalue weighted by atomic mass is 9.62. The molecule has 4 N–H and O–H groups in total. The van der Waals surface area contributed by atoms with Crippen molar-refractivity contribution in [3.8, 4) is 22.4 Å². The van der Waals surface area contributed by atoms with E-state index in [4.69, 9.17) is 15.5 Å². The maximum atomic E-state index is 12.8. The number of aliphatic hydroxyl groups is 1. The minimum Gasteiger partial charge on any atom is -0.444 e. The summed E-state index contributed by atoms with van der Waals surface area (Å²) >= 11 is 0. The van der Waals surface area contributed by atoms with Crippen molar-refractivity contribution in [2.24, 2.45) is 0 Å². The quantitative estimate of drug-likeness (QED) is 0.259. The molecule has 9 heteroatoms. The number of fused-ring (bicyclic) bond motifs is 3. The molecule has 3 aromatic heterocycles. The molecule has 6 rings (SSSR count). The molecule has 0 radical (unpaired) electrons. The van der Waals surface area contributed by atoms with Crippen LogP contribution in [0.3, 0.4) is 0 Å². The Morgan fingerprint density at radius 2 is 1.76 bits per heavy atom. The zero-order valence-electron chi connectivity index (χ0n) is 23.9. The van der Waals surface area contributed by atoms with Crippen molar-refractivity contribution in [1.29, 1.82) is 0 Å². The van der Waals surface area contributed by atoms with E-state index in [1.165, 1.54) is 0 Å². The van der Waals surface area contributed by atoms with Gasteiger partial charge >= 0.3 is 6.09 Å². The van der Waals surface area contributed by atoms with Gasteiger partial charge in [0.15, 0.2) is 11.3 Å². The van der Waals surface area contributed by atoms with Gasteiger partial charge in [0.2, 0.25) is 0 Å². The van der Waals surface area contributed by atoms with Gasteiger partial charge in [-0.25, -0.2) is 14.8 Å². The number of nitrogens with one attached hydrogen (secondary N) is 1. The number of ether oxygens (including phenoxy) is 1. The highest BCUT2D eigenvalue weighted by molar-refractivity contribution is 6.02. The fraction of sp³-hybridized carbons (Fsp3) is 0.312. The molecule has 0 aliphatic heterocycles. The molecule has 1 amide bonds. The second kappa shape index (κ2) is 9.27. The fourth-order valence-corrected chi connectivity index (χ4v) is 5.92. The first-order valence-electron chi connectivity index (χ1n) is 13.7. The maximum absolute atomic E-state index is 12.8. The average Bonchev–Trinajstić information content (AvgIpc) is 3.27. The Bertz CT molecular complexity index is 1780. The topological polar surface area (TPSA) is 128 Å². The summed E-state index contributed by atoms with van der Waals surface area (Å²) in [6.07, 6.45) is 1.99. The van der Waals surface area contributed by atoms with E-state index in [0.717, 1.165) is 33.3 Å². The highest BCUT2D eigenvalue weighted by Gasteiger charge is 2.53. The van der Waals surface area contributed by atoms with Gasteiger partial charge in [0.25, 0.3) is 0 Å². The van der Waals surface area contributed by atoms with Gasteiger partial charge in [0, 0.05) is 36.2 Å². The Balaban J connectivity index is 1.47. The van der Waals surface area contributed by atoms with Crippen LogP contribution in [0.15, 0.2) is 66.9 Å². The number of alkyl carbamates (subject to hydrolysis) is 1. The highest BCUT2D eigenvalue weighted by Crippen LogP contribution is 2.49. The van der Waals surface area contributed by atoms with Crippen LogP contribution in [0, 0.1) is 6.92 Å². The number of amides is 1. The number of pyridine rings is 1. The third kappa shape index (κ3) is 4.86. The summed E-state index contributed by atoms with van der Waals surface area (Å²) in [4.78, 5) is 22.4. The van der Waals surface area contributed by atoms with Crippen molar-refractivity contribution in [1.82, 2.24) is 24.9 Å². The molecule has 3 heterocycles. The molecular formula is C32H34N6O3. The van der Waals surface area contributed by atoms with E-state index >= 15 is 0 Å². The smallest absolute Gasteiger partial charge is 0.408 e. The SMILES string of the molecule is Cc1cc2ncc3c(N)c(-c4ccccc4)c(-c4ccc(C5(NC(=O)OC(C)(C)C)CC(C)(O)C5)cc4)nc3n2n1. The predicted molar refractivity (Wildman–Crippen MR) is 159 cm³/mol. The number of nitrogens with zero attached hydrogens (tertiary/aromatic N) is 4. The van der Waals surface area contributed by atoms with Gasteiger partial charge in [-0.05, 0) is 45.7 Å². The summed E-state index contributed by atoms with van der Waals surface area (Å²) in [7, 11) is 0. The molecule has 1 aliphatic carbocycles. The Hall–Kier alpha value is -4.50. The van der Waals surface area contributed by atoms with E-state index in [-0.39, 0.29) is 0 Å². The summed E-state index contributed by atoms with van der Waals surface area (Å²) in [5.41, 5.74) is 11.5. The number of hydrogen-bond acceptors (Lipinski definition) is 7. The van der Waals surface area contributed by atoms with Crippen LogP contribution in [0.25, 0.3) is 39.1 Å². The number of aryl methyl sites for hydroxylation is 1. The summed E-state index contributed by atoms with van der Waals surface area (Å²) in [5, 5.41) is 19.0. The highest BCUT2D eigenvalue weighted by atomic mass is 16.6. The Morgan fingerprint density at radius 3 is 2.39 bits per heavy atom. The van der Waals surface area contributed by atoms with Crippen molar-refractivity contribution in [2.75, 3.05) is 5.73 Å². The van der Waals surface area contributed by atoms with E-state index in [1.54, 1.807) is 17.6 Å². The Morgan fingerprint density at radius 1 is 1.07 bits per heavy atom. The lowest BCUT2D eigenvalue weighted by Crippen LogP contribution is -2.62. The third-order valence-corrected chi connectivity index (χ3v) is 7.47. The van der Waals surface area contributed by atoms with Crippen LogP contribution in [0.5, 0.6) is 0 Å². The van der Waals surface area contributed by atoms with Crippen LogP contribution in [-0.2, 0) is 10.3 Å². The van der Waals surface area contributed by atoms with Gasteiger partial charge in [-0.3, -0.25) is 0 Å². The van der Waals surface area contributed by atoms with Crippen LogP contribution >= 0.6 is 0 Å². The lowest BCUT2D eigenvalue weighted by molar-refractivity contribution is -0.0892. The average molecular weight is 551 g/mol. The summed E-state index contributed by atoms with van der Waals surface area (Å²) in [5.74, 6) is 0. The lowest BCUT2D eigenvalue weighted by Gasteiger charge is -2.52. The first-order chi connectivity index (χ1) is 19.3. The summed E-state index contributed by atoms with van der Waals surface area (Å²) in [6.45, 7) is 9.17. The van der Waals surface area contributed by atoms with Crippen molar-refractivity contribution < 1.29 is 14.6 Å². The number of carbonyl (C=O) groups excluding carboxylic acids is 1. The molecule has 0 spiro atoms. The fourth-order valence-electron chi connectivity index (χ4n) is 5.92. The zero-order chi connectivity index (χ0) is 29.2. The second-order valence-electron chi connectivity index (χ2n) is 12.3. The van der Waals surface area contributed by atoms with E-state index in [0.29, 0.717) is 35.5 Å². The molecule has 0 unspecified atom stereocenters. The molecule has 41 heavy (non-hydrogen) atoms. The number of anilines is 1. The number of aromatic nitrogens is 4. The molecular weight excluding hydrogens is 516 g/mol. The third-order valence-electron chi connectivity index (χ3n) is 7.47. The summed E-state index contributed by atoms with van der Waals surface area (Å²) < 4.78 is 7.26.